The quantitative estimate of drug-likeness (QED) is 0.233. The summed E-state index contributed by atoms with van der Waals surface area (Å²) in [7, 11) is 0. The Kier molecular flexibility index (Phi) is 4.79. The van der Waals surface area contributed by atoms with Gasteiger partial charge in [-0.2, -0.15) is 0 Å². The highest BCUT2D eigenvalue weighted by Gasteiger charge is 2.53. The summed E-state index contributed by atoms with van der Waals surface area (Å²) in [6.07, 6.45) is -4.18. The Labute approximate surface area is 103 Å². The first kappa shape index (κ1) is 15.0. The lowest BCUT2D eigenvalue weighted by molar-refractivity contribution is -0.357. The highest BCUT2D eigenvalue weighted by Crippen LogP contribution is 2.26. The molecule has 1 rings (SSSR count). The van der Waals surface area contributed by atoms with Crippen molar-refractivity contribution in [3.8, 4) is 0 Å². The Bertz CT molecular complexity index is 332. The maximum absolute atomic E-state index is 11.3. The first-order valence-corrected chi connectivity index (χ1v) is 5.35. The highest BCUT2D eigenvalue weighted by atomic mass is 16.7. The van der Waals surface area contributed by atoms with E-state index in [-0.39, 0.29) is 0 Å². The van der Waals surface area contributed by atoms with E-state index in [1.165, 1.54) is 6.08 Å². The number of carbonyl (C=O) groups excluding carboxylic acids is 1. The van der Waals surface area contributed by atoms with Crippen LogP contribution in [0, 0.1) is 0 Å². The molecular formula is C10H17NO7. The molecular weight excluding hydrogens is 246 g/mol. The van der Waals surface area contributed by atoms with Crippen LogP contribution in [-0.4, -0.2) is 68.4 Å². The van der Waals surface area contributed by atoms with Gasteiger partial charge in [-0.25, -0.2) is 0 Å². The predicted molar refractivity (Wildman–Crippen MR) is 57.9 cm³/mol. The number of ether oxygens (including phenoxy) is 1. The van der Waals surface area contributed by atoms with Crippen molar-refractivity contribution in [2.24, 2.45) is 0 Å². The molecule has 8 heteroatoms. The predicted octanol–water partition coefficient (Wildman–Crippen LogP) is -3.20. The number of allylic oxidation sites excluding steroid dienone is 1. The van der Waals surface area contributed by atoms with Gasteiger partial charge in [0.1, 0.15) is 18.3 Å². The maximum atomic E-state index is 11.3. The average molecular weight is 263 g/mol. The first-order chi connectivity index (χ1) is 8.35. The van der Waals surface area contributed by atoms with E-state index in [1.54, 1.807) is 6.92 Å². The average Bonchev–Trinajstić information content (AvgIpc) is 2.32. The minimum absolute atomic E-state index is 0.702. The summed E-state index contributed by atoms with van der Waals surface area (Å²) >= 11 is 0. The van der Waals surface area contributed by atoms with Crippen LogP contribution in [0.1, 0.15) is 6.92 Å². The number of aliphatic hydroxyl groups is 5. The Morgan fingerprint density at radius 3 is 2.50 bits per heavy atom. The molecule has 1 heterocycles. The second-order valence-corrected chi connectivity index (χ2v) is 3.95. The molecule has 0 bridgehead atoms. The van der Waals surface area contributed by atoms with Gasteiger partial charge in [-0.3, -0.25) is 10.1 Å². The van der Waals surface area contributed by atoms with Gasteiger partial charge in [0, 0.05) is 0 Å². The maximum Gasteiger partial charge on any atom is 0.279 e. The minimum Gasteiger partial charge on any atom is -0.394 e. The summed E-state index contributed by atoms with van der Waals surface area (Å²) in [6, 6.07) is 0. The molecule has 0 spiro atoms. The van der Waals surface area contributed by atoms with E-state index in [1.807, 2.05) is 5.32 Å². The monoisotopic (exact) mass is 263 g/mol. The van der Waals surface area contributed by atoms with Gasteiger partial charge in [0.25, 0.3) is 5.91 Å². The molecule has 0 aromatic rings. The Morgan fingerprint density at radius 2 is 2.00 bits per heavy atom. The van der Waals surface area contributed by atoms with Crippen molar-refractivity contribution < 1.29 is 35.1 Å². The minimum atomic E-state index is -2.58. The zero-order valence-corrected chi connectivity index (χ0v) is 9.72. The van der Waals surface area contributed by atoms with Gasteiger partial charge in [-0.15, -0.1) is 0 Å². The topological polar surface area (TPSA) is 139 Å². The Hall–Kier alpha value is -1.03. The molecule has 1 saturated heterocycles. The number of hydrogen-bond acceptors (Lipinski definition) is 7. The molecule has 1 amide bonds. The third-order valence-corrected chi connectivity index (χ3v) is 2.59. The standard InChI is InChI=1S/C10H17NO7/c1-2-3-6(13)11-10(17)9(16)8(15)7(14)5(4-12)18-10/h2-3,5,7-9,12,14-17H,4H2,1H3,(H,11,13)/b3-2+. The third-order valence-electron chi connectivity index (χ3n) is 2.59. The molecule has 5 atom stereocenters. The molecule has 0 aliphatic carbocycles. The molecule has 1 aliphatic rings. The molecule has 0 aromatic carbocycles. The highest BCUT2D eigenvalue weighted by molar-refractivity contribution is 5.87. The van der Waals surface area contributed by atoms with Crippen LogP contribution in [0.5, 0.6) is 0 Å². The van der Waals surface area contributed by atoms with Gasteiger partial charge in [-0.1, -0.05) is 6.08 Å². The number of rotatable bonds is 3. The van der Waals surface area contributed by atoms with Crippen molar-refractivity contribution in [1.82, 2.24) is 5.32 Å². The molecule has 0 aromatic heterocycles. The van der Waals surface area contributed by atoms with E-state index in [4.69, 9.17) is 9.84 Å². The van der Waals surface area contributed by atoms with E-state index in [9.17, 15) is 25.2 Å². The smallest absolute Gasteiger partial charge is 0.279 e. The summed E-state index contributed by atoms with van der Waals surface area (Å²) in [5, 5.41) is 49.3. The van der Waals surface area contributed by atoms with Crippen LogP contribution in [0.3, 0.4) is 0 Å². The van der Waals surface area contributed by atoms with E-state index in [2.05, 4.69) is 0 Å². The van der Waals surface area contributed by atoms with Gasteiger partial charge < -0.3 is 30.3 Å². The zero-order chi connectivity index (χ0) is 13.9. The molecule has 0 saturated carbocycles. The van der Waals surface area contributed by atoms with E-state index >= 15 is 0 Å². The van der Waals surface area contributed by atoms with Gasteiger partial charge >= 0.3 is 0 Å². The van der Waals surface area contributed by atoms with Crippen molar-refractivity contribution in [3.63, 3.8) is 0 Å². The van der Waals surface area contributed by atoms with Crippen molar-refractivity contribution in [3.05, 3.63) is 12.2 Å². The van der Waals surface area contributed by atoms with Crippen LogP contribution in [0.15, 0.2) is 12.2 Å². The van der Waals surface area contributed by atoms with E-state index in [0.29, 0.717) is 0 Å². The molecule has 5 unspecified atom stereocenters. The van der Waals surface area contributed by atoms with Crippen LogP contribution in [0.25, 0.3) is 0 Å². The lowest BCUT2D eigenvalue weighted by Gasteiger charge is -2.44. The largest absolute Gasteiger partial charge is 0.394 e. The van der Waals surface area contributed by atoms with Crippen LogP contribution >= 0.6 is 0 Å². The molecule has 1 fully saturated rings. The number of aliphatic hydroxyl groups excluding tert-OH is 4. The zero-order valence-electron chi connectivity index (χ0n) is 9.72. The fourth-order valence-electron chi connectivity index (χ4n) is 1.63. The lowest BCUT2D eigenvalue weighted by Crippen LogP contribution is -2.71. The number of carbonyl (C=O) groups is 1. The van der Waals surface area contributed by atoms with Crippen molar-refractivity contribution in [2.45, 2.75) is 37.3 Å². The molecule has 1 aliphatic heterocycles. The SMILES string of the molecule is C/C=C/C(=O)NC1(O)OC(CO)C(O)C(O)C1O. The van der Waals surface area contributed by atoms with E-state index < -0.39 is 42.8 Å². The molecule has 0 radical (unpaired) electrons. The van der Waals surface area contributed by atoms with Crippen LogP contribution in [0.2, 0.25) is 0 Å². The molecule has 8 nitrogen and oxygen atoms in total. The number of hydrogen-bond donors (Lipinski definition) is 6. The molecule has 104 valence electrons. The summed E-state index contributed by atoms with van der Waals surface area (Å²) in [4.78, 5) is 11.3. The second kappa shape index (κ2) is 5.74. The fourth-order valence-corrected chi connectivity index (χ4v) is 1.63. The number of nitrogens with one attached hydrogen (secondary N) is 1. The van der Waals surface area contributed by atoms with Crippen molar-refractivity contribution in [2.75, 3.05) is 6.61 Å². The van der Waals surface area contributed by atoms with Crippen LogP contribution in [0.4, 0.5) is 0 Å². The van der Waals surface area contributed by atoms with E-state index in [0.717, 1.165) is 6.08 Å². The summed E-state index contributed by atoms with van der Waals surface area (Å²) in [5.74, 6) is -3.35. The first-order valence-electron chi connectivity index (χ1n) is 5.35. The van der Waals surface area contributed by atoms with Crippen molar-refractivity contribution in [1.29, 1.82) is 0 Å². The Morgan fingerprint density at radius 1 is 1.39 bits per heavy atom. The summed E-state index contributed by atoms with van der Waals surface area (Å²) in [6.45, 7) is 0.865. The molecule has 6 N–H and O–H groups in total. The lowest BCUT2D eigenvalue weighted by atomic mass is 9.96. The van der Waals surface area contributed by atoms with Gasteiger partial charge in [-0.05, 0) is 13.0 Å². The summed E-state index contributed by atoms with van der Waals surface area (Å²) < 4.78 is 4.81. The van der Waals surface area contributed by atoms with Crippen molar-refractivity contribution >= 4 is 5.91 Å². The summed E-state index contributed by atoms with van der Waals surface area (Å²) in [5.41, 5.74) is 0. The Balaban J connectivity index is 2.88. The fraction of sp³-hybridized carbons (Fsp3) is 0.700. The third kappa shape index (κ3) is 2.86. The normalized spacial score (nSPS) is 41.0. The molecule has 18 heavy (non-hydrogen) atoms. The van der Waals surface area contributed by atoms with Crippen LogP contribution in [-0.2, 0) is 9.53 Å². The van der Waals surface area contributed by atoms with Crippen LogP contribution < -0.4 is 5.32 Å². The van der Waals surface area contributed by atoms with Gasteiger partial charge in [0.2, 0.25) is 5.91 Å². The second-order valence-electron chi connectivity index (χ2n) is 3.95. The van der Waals surface area contributed by atoms with Gasteiger partial charge in [0.05, 0.1) is 6.61 Å². The number of amides is 1. The van der Waals surface area contributed by atoms with Gasteiger partial charge in [0.15, 0.2) is 6.10 Å².